The summed E-state index contributed by atoms with van der Waals surface area (Å²) in [4.78, 5) is 7.13. The summed E-state index contributed by atoms with van der Waals surface area (Å²) in [5.74, 6) is 1.68. The number of guanidine groups is 1. The second kappa shape index (κ2) is 9.03. The zero-order valence-corrected chi connectivity index (χ0v) is 18.6. The molecule has 1 heterocycles. The van der Waals surface area contributed by atoms with Gasteiger partial charge in [-0.1, -0.05) is 13.8 Å². The third-order valence-corrected chi connectivity index (χ3v) is 6.03. The zero-order chi connectivity index (χ0) is 17.1. The molecule has 1 saturated heterocycles. The van der Waals surface area contributed by atoms with Gasteiger partial charge in [-0.3, -0.25) is 4.99 Å². The van der Waals surface area contributed by atoms with E-state index >= 15 is 0 Å². The zero-order valence-electron chi connectivity index (χ0n) is 16.2. The van der Waals surface area contributed by atoms with E-state index in [1.54, 1.807) is 0 Å². The Kier molecular flexibility index (Phi) is 8.26. The lowest BCUT2D eigenvalue weighted by molar-refractivity contribution is -0.176. The van der Waals surface area contributed by atoms with Gasteiger partial charge in [0.1, 0.15) is 0 Å². The molecule has 1 aliphatic carbocycles. The predicted octanol–water partition coefficient (Wildman–Crippen LogP) is 3.13. The number of likely N-dealkylation sites (tertiary alicyclic amines) is 1. The summed E-state index contributed by atoms with van der Waals surface area (Å²) >= 11 is 0. The maximum absolute atomic E-state index is 5.74. The fourth-order valence-electron chi connectivity index (χ4n) is 3.71. The molecule has 1 N–H and O–H groups in total. The Morgan fingerprint density at radius 2 is 2.00 bits per heavy atom. The number of nitrogens with zero attached hydrogens (tertiary/aromatic N) is 2. The standard InChI is InChI=1S/C18H35N3O2.HI/c1-7-19-16(21-10-9-14(12-21)13-23-8-2)20-15-11-18(5,22-6)17(15,3)4;/h14-15H,7-13H2,1-6H3,(H,19,20);1H. The minimum absolute atomic E-state index is 0. The quantitative estimate of drug-likeness (QED) is 0.382. The monoisotopic (exact) mass is 453 g/mol. The van der Waals surface area contributed by atoms with Gasteiger partial charge in [-0.2, -0.15) is 0 Å². The first-order chi connectivity index (χ1) is 10.9. The number of rotatable bonds is 6. The Labute approximate surface area is 165 Å². The van der Waals surface area contributed by atoms with Crippen LogP contribution in [0.25, 0.3) is 0 Å². The van der Waals surface area contributed by atoms with Gasteiger partial charge in [-0.25, -0.2) is 0 Å². The van der Waals surface area contributed by atoms with E-state index in [2.05, 4.69) is 44.8 Å². The van der Waals surface area contributed by atoms with Crippen molar-refractivity contribution in [1.29, 1.82) is 0 Å². The van der Waals surface area contributed by atoms with Crippen molar-refractivity contribution in [2.24, 2.45) is 16.3 Å². The summed E-state index contributed by atoms with van der Waals surface area (Å²) in [6, 6.07) is 0.406. The summed E-state index contributed by atoms with van der Waals surface area (Å²) in [5, 5.41) is 3.71. The molecule has 142 valence electrons. The molecule has 24 heavy (non-hydrogen) atoms. The van der Waals surface area contributed by atoms with Gasteiger partial charge in [-0.05, 0) is 33.6 Å². The van der Waals surface area contributed by atoms with Gasteiger partial charge in [0.15, 0.2) is 5.96 Å². The van der Waals surface area contributed by atoms with Crippen LogP contribution in [-0.2, 0) is 9.47 Å². The van der Waals surface area contributed by atoms with E-state index in [9.17, 15) is 0 Å². The van der Waals surface area contributed by atoms with Crippen molar-refractivity contribution in [3.05, 3.63) is 0 Å². The summed E-state index contributed by atoms with van der Waals surface area (Å²) < 4.78 is 11.3. The van der Waals surface area contributed by atoms with Crippen molar-refractivity contribution in [2.75, 3.05) is 40.0 Å². The molecule has 0 spiro atoms. The van der Waals surface area contributed by atoms with Crippen molar-refractivity contribution in [3.8, 4) is 0 Å². The Balaban J connectivity index is 0.00000288. The number of ether oxygens (including phenoxy) is 2. The average Bonchev–Trinajstić information content (AvgIpc) is 3.00. The van der Waals surface area contributed by atoms with Crippen molar-refractivity contribution in [2.45, 2.75) is 59.1 Å². The molecule has 0 radical (unpaired) electrons. The van der Waals surface area contributed by atoms with E-state index in [1.165, 1.54) is 6.42 Å². The van der Waals surface area contributed by atoms with Crippen molar-refractivity contribution in [1.82, 2.24) is 10.2 Å². The van der Waals surface area contributed by atoms with Crippen LogP contribution in [0.15, 0.2) is 4.99 Å². The van der Waals surface area contributed by atoms with Crippen LogP contribution in [0.3, 0.4) is 0 Å². The van der Waals surface area contributed by atoms with Gasteiger partial charge >= 0.3 is 0 Å². The van der Waals surface area contributed by atoms with Gasteiger partial charge in [-0.15, -0.1) is 24.0 Å². The molecule has 0 bridgehead atoms. The molecule has 0 aromatic heterocycles. The fraction of sp³-hybridized carbons (Fsp3) is 0.944. The third kappa shape index (κ3) is 4.36. The lowest BCUT2D eigenvalue weighted by atomic mass is 9.56. The third-order valence-electron chi connectivity index (χ3n) is 6.03. The van der Waals surface area contributed by atoms with Crippen LogP contribution in [0, 0.1) is 11.3 Å². The first-order valence-corrected chi connectivity index (χ1v) is 9.06. The Morgan fingerprint density at radius 3 is 2.54 bits per heavy atom. The molecule has 0 aromatic rings. The number of hydrogen-bond acceptors (Lipinski definition) is 3. The van der Waals surface area contributed by atoms with E-state index in [1.807, 2.05) is 7.11 Å². The van der Waals surface area contributed by atoms with Crippen LogP contribution in [0.2, 0.25) is 0 Å². The van der Waals surface area contributed by atoms with Crippen molar-refractivity contribution in [3.63, 3.8) is 0 Å². The number of methoxy groups -OCH3 is 1. The highest BCUT2D eigenvalue weighted by atomic mass is 127. The van der Waals surface area contributed by atoms with Crippen LogP contribution in [0.1, 0.15) is 47.5 Å². The summed E-state index contributed by atoms with van der Waals surface area (Å²) in [5.41, 5.74) is 0.0468. The smallest absolute Gasteiger partial charge is 0.194 e. The Hall–Kier alpha value is -0.0800. The van der Waals surface area contributed by atoms with Gasteiger partial charge in [0, 0.05) is 50.7 Å². The predicted molar refractivity (Wildman–Crippen MR) is 110 cm³/mol. The summed E-state index contributed by atoms with van der Waals surface area (Å²) in [6.07, 6.45) is 2.21. The lowest BCUT2D eigenvalue weighted by Gasteiger charge is -2.59. The minimum Gasteiger partial charge on any atom is -0.381 e. The molecule has 1 aliphatic heterocycles. The Bertz CT molecular complexity index is 430. The molecule has 3 atom stereocenters. The van der Waals surface area contributed by atoms with E-state index in [0.717, 1.165) is 45.2 Å². The second-order valence-electron chi connectivity index (χ2n) is 7.62. The maximum Gasteiger partial charge on any atom is 0.194 e. The van der Waals surface area contributed by atoms with Gasteiger partial charge < -0.3 is 19.7 Å². The Morgan fingerprint density at radius 1 is 1.29 bits per heavy atom. The van der Waals surface area contributed by atoms with Gasteiger partial charge in [0.05, 0.1) is 12.2 Å². The van der Waals surface area contributed by atoms with Crippen molar-refractivity contribution >= 4 is 29.9 Å². The second-order valence-corrected chi connectivity index (χ2v) is 7.62. The van der Waals surface area contributed by atoms with Crippen LogP contribution >= 0.6 is 24.0 Å². The highest BCUT2D eigenvalue weighted by molar-refractivity contribution is 14.0. The molecular formula is C18H36IN3O2. The lowest BCUT2D eigenvalue weighted by Crippen LogP contribution is -2.69. The molecular weight excluding hydrogens is 417 g/mol. The minimum atomic E-state index is -0.0511. The van der Waals surface area contributed by atoms with E-state index in [-0.39, 0.29) is 35.0 Å². The number of hydrogen-bond donors (Lipinski definition) is 1. The van der Waals surface area contributed by atoms with Crippen LogP contribution < -0.4 is 5.32 Å². The molecule has 3 unspecified atom stereocenters. The molecule has 5 nitrogen and oxygen atoms in total. The van der Waals surface area contributed by atoms with Crippen LogP contribution in [0.5, 0.6) is 0 Å². The van der Waals surface area contributed by atoms with Gasteiger partial charge in [0.2, 0.25) is 0 Å². The summed E-state index contributed by atoms with van der Waals surface area (Å²) in [7, 11) is 1.82. The molecule has 2 fully saturated rings. The molecule has 0 amide bonds. The van der Waals surface area contributed by atoms with E-state index in [0.29, 0.717) is 12.0 Å². The SMILES string of the molecule is CCN=C(NC1CC(C)(OC)C1(C)C)N1CCC(COCC)C1.I. The fourth-order valence-corrected chi connectivity index (χ4v) is 3.71. The molecule has 2 rings (SSSR count). The first kappa shape index (κ1) is 22.0. The van der Waals surface area contributed by atoms with Crippen LogP contribution in [-0.4, -0.2) is 62.5 Å². The normalized spacial score (nSPS) is 32.2. The highest BCUT2D eigenvalue weighted by Crippen LogP contribution is 2.51. The first-order valence-electron chi connectivity index (χ1n) is 9.06. The molecule has 6 heteroatoms. The highest BCUT2D eigenvalue weighted by Gasteiger charge is 2.58. The summed E-state index contributed by atoms with van der Waals surface area (Å²) in [6.45, 7) is 15.5. The van der Waals surface area contributed by atoms with Gasteiger partial charge in [0.25, 0.3) is 0 Å². The number of halogens is 1. The number of nitrogens with one attached hydrogen (secondary N) is 1. The molecule has 2 aliphatic rings. The number of aliphatic imine (C=N–C) groups is 1. The van der Waals surface area contributed by atoms with Crippen molar-refractivity contribution < 1.29 is 9.47 Å². The van der Waals surface area contributed by atoms with Crippen LogP contribution in [0.4, 0.5) is 0 Å². The van der Waals surface area contributed by atoms with E-state index in [4.69, 9.17) is 14.5 Å². The van der Waals surface area contributed by atoms with E-state index < -0.39 is 0 Å². The molecule has 1 saturated carbocycles. The largest absolute Gasteiger partial charge is 0.381 e. The average molecular weight is 453 g/mol. The maximum atomic E-state index is 5.74. The topological polar surface area (TPSA) is 46.1 Å². The molecule has 0 aromatic carbocycles.